The van der Waals surface area contributed by atoms with Crippen LogP contribution in [0.5, 0.6) is 0 Å². The number of nitrogens with one attached hydrogen (secondary N) is 2. The normalized spacial score (nSPS) is 11.1. The maximum atomic E-state index is 12.8. The molecule has 0 aliphatic rings. The van der Waals surface area contributed by atoms with Gasteiger partial charge in [-0.05, 0) is 36.4 Å². The lowest BCUT2D eigenvalue weighted by Gasteiger charge is -2.14. The average molecular weight is 326 g/mol. The molecule has 122 valence electrons. The number of hydrogen-bond donors (Lipinski definition) is 2. The molecular formula is C16H14F4N2O. The van der Waals surface area contributed by atoms with Crippen LogP contribution < -0.4 is 10.6 Å². The highest BCUT2D eigenvalue weighted by Gasteiger charge is 2.32. The Kier molecular flexibility index (Phi) is 5.20. The summed E-state index contributed by atoms with van der Waals surface area (Å²) in [5.41, 5.74) is -0.430. The summed E-state index contributed by atoms with van der Waals surface area (Å²) in [5, 5.41) is 5.14. The Balaban J connectivity index is 1.88. The van der Waals surface area contributed by atoms with Crippen molar-refractivity contribution in [3.63, 3.8) is 0 Å². The van der Waals surface area contributed by atoms with Crippen molar-refractivity contribution in [2.75, 3.05) is 17.2 Å². The van der Waals surface area contributed by atoms with Crippen molar-refractivity contribution in [3.05, 3.63) is 59.9 Å². The van der Waals surface area contributed by atoms with Crippen molar-refractivity contribution >= 4 is 17.3 Å². The fourth-order valence-electron chi connectivity index (χ4n) is 1.95. The van der Waals surface area contributed by atoms with Crippen molar-refractivity contribution in [3.8, 4) is 0 Å². The summed E-state index contributed by atoms with van der Waals surface area (Å²) in [6.45, 7) is 0.0418. The first-order chi connectivity index (χ1) is 10.9. The third-order valence-electron chi connectivity index (χ3n) is 3.03. The summed E-state index contributed by atoms with van der Waals surface area (Å²) in [5.74, 6) is -0.804. The molecule has 0 atom stereocenters. The molecule has 1 amide bonds. The Hall–Kier alpha value is -2.57. The number of anilines is 2. The molecule has 7 heteroatoms. The van der Waals surface area contributed by atoms with Gasteiger partial charge in [-0.2, -0.15) is 13.2 Å². The second kappa shape index (κ2) is 7.13. The van der Waals surface area contributed by atoms with Crippen molar-refractivity contribution in [2.24, 2.45) is 0 Å². The molecule has 0 spiro atoms. The SMILES string of the molecule is O=C(CCNc1ccccc1C(F)(F)F)Nc1ccc(F)cc1. The van der Waals surface area contributed by atoms with E-state index in [-0.39, 0.29) is 24.6 Å². The molecular weight excluding hydrogens is 312 g/mol. The summed E-state index contributed by atoms with van der Waals surface area (Å²) in [7, 11) is 0. The van der Waals surface area contributed by atoms with Crippen LogP contribution in [0.3, 0.4) is 0 Å². The number of alkyl halides is 3. The van der Waals surface area contributed by atoms with Gasteiger partial charge in [0.05, 0.1) is 5.56 Å². The fourth-order valence-corrected chi connectivity index (χ4v) is 1.95. The van der Waals surface area contributed by atoms with Gasteiger partial charge >= 0.3 is 6.18 Å². The minimum absolute atomic E-state index is 0.0242. The summed E-state index contributed by atoms with van der Waals surface area (Å²) < 4.78 is 51.1. The molecule has 0 aliphatic heterocycles. The summed E-state index contributed by atoms with van der Waals surface area (Å²) in [4.78, 5) is 11.7. The van der Waals surface area contributed by atoms with Gasteiger partial charge in [0, 0.05) is 24.3 Å². The van der Waals surface area contributed by atoms with Crippen LogP contribution in [0, 0.1) is 5.82 Å². The van der Waals surface area contributed by atoms with Crippen LogP contribution in [0.1, 0.15) is 12.0 Å². The highest BCUT2D eigenvalue weighted by atomic mass is 19.4. The number of para-hydroxylation sites is 1. The Morgan fingerprint density at radius 2 is 1.65 bits per heavy atom. The van der Waals surface area contributed by atoms with E-state index in [2.05, 4.69) is 10.6 Å². The van der Waals surface area contributed by atoms with Crippen LogP contribution in [0.4, 0.5) is 28.9 Å². The molecule has 0 heterocycles. The predicted molar refractivity (Wildman–Crippen MR) is 79.6 cm³/mol. The number of benzene rings is 2. The summed E-state index contributed by atoms with van der Waals surface area (Å²) in [6, 6.07) is 10.3. The van der Waals surface area contributed by atoms with E-state index in [0.29, 0.717) is 5.69 Å². The summed E-state index contributed by atoms with van der Waals surface area (Å²) in [6.07, 6.45) is -4.48. The maximum Gasteiger partial charge on any atom is 0.418 e. The second-order valence-electron chi connectivity index (χ2n) is 4.78. The largest absolute Gasteiger partial charge is 0.418 e. The molecule has 0 aromatic heterocycles. The lowest BCUT2D eigenvalue weighted by Crippen LogP contribution is -2.17. The standard InChI is InChI=1S/C16H14F4N2O/c17-11-5-7-12(8-6-11)22-15(23)9-10-21-14-4-2-1-3-13(14)16(18,19)20/h1-8,21H,9-10H2,(H,22,23). The van der Waals surface area contributed by atoms with Crippen molar-refractivity contribution in [1.29, 1.82) is 0 Å². The minimum Gasteiger partial charge on any atom is -0.384 e. The van der Waals surface area contributed by atoms with Crippen LogP contribution in [-0.4, -0.2) is 12.5 Å². The van der Waals surface area contributed by atoms with Gasteiger partial charge < -0.3 is 10.6 Å². The van der Waals surface area contributed by atoms with Crippen LogP contribution in [0.2, 0.25) is 0 Å². The number of hydrogen-bond acceptors (Lipinski definition) is 2. The fraction of sp³-hybridized carbons (Fsp3) is 0.188. The molecule has 3 nitrogen and oxygen atoms in total. The van der Waals surface area contributed by atoms with Gasteiger partial charge in [-0.15, -0.1) is 0 Å². The van der Waals surface area contributed by atoms with Gasteiger partial charge in [-0.3, -0.25) is 4.79 Å². The topological polar surface area (TPSA) is 41.1 Å². The van der Waals surface area contributed by atoms with Crippen molar-refractivity contribution in [2.45, 2.75) is 12.6 Å². The molecule has 0 unspecified atom stereocenters. The van der Waals surface area contributed by atoms with Crippen molar-refractivity contribution < 1.29 is 22.4 Å². The average Bonchev–Trinajstić information content (AvgIpc) is 2.49. The van der Waals surface area contributed by atoms with Gasteiger partial charge in [0.25, 0.3) is 0 Å². The van der Waals surface area contributed by atoms with Crippen LogP contribution in [-0.2, 0) is 11.0 Å². The van der Waals surface area contributed by atoms with Crippen LogP contribution in [0.25, 0.3) is 0 Å². The molecule has 0 radical (unpaired) electrons. The molecule has 0 fully saturated rings. The molecule has 0 saturated heterocycles. The highest BCUT2D eigenvalue weighted by Crippen LogP contribution is 2.34. The predicted octanol–water partition coefficient (Wildman–Crippen LogP) is 4.29. The van der Waals surface area contributed by atoms with E-state index in [4.69, 9.17) is 0 Å². The third-order valence-corrected chi connectivity index (χ3v) is 3.03. The third kappa shape index (κ3) is 4.98. The van der Waals surface area contributed by atoms with E-state index >= 15 is 0 Å². The molecule has 2 aromatic rings. The monoisotopic (exact) mass is 326 g/mol. The highest BCUT2D eigenvalue weighted by molar-refractivity contribution is 5.90. The van der Waals surface area contributed by atoms with Gasteiger partial charge in [0.2, 0.25) is 5.91 Å². The van der Waals surface area contributed by atoms with E-state index in [1.165, 1.54) is 42.5 Å². The second-order valence-corrected chi connectivity index (χ2v) is 4.78. The van der Waals surface area contributed by atoms with Gasteiger partial charge in [-0.25, -0.2) is 4.39 Å². The first-order valence-corrected chi connectivity index (χ1v) is 6.82. The number of carbonyl (C=O) groups is 1. The van der Waals surface area contributed by atoms with E-state index in [0.717, 1.165) is 6.07 Å². The lowest BCUT2D eigenvalue weighted by molar-refractivity contribution is -0.137. The molecule has 0 saturated carbocycles. The Bertz CT molecular complexity index is 669. The smallest absolute Gasteiger partial charge is 0.384 e. The first-order valence-electron chi connectivity index (χ1n) is 6.82. The Labute approximate surface area is 130 Å². The Morgan fingerprint density at radius 1 is 1.00 bits per heavy atom. The minimum atomic E-state index is -4.46. The quantitative estimate of drug-likeness (QED) is 0.805. The number of amides is 1. The molecule has 0 bridgehead atoms. The molecule has 23 heavy (non-hydrogen) atoms. The van der Waals surface area contributed by atoms with E-state index in [1.54, 1.807) is 0 Å². The zero-order valence-corrected chi connectivity index (χ0v) is 12.0. The Morgan fingerprint density at radius 3 is 2.30 bits per heavy atom. The van der Waals surface area contributed by atoms with E-state index in [1.807, 2.05) is 0 Å². The van der Waals surface area contributed by atoms with Gasteiger partial charge in [-0.1, -0.05) is 12.1 Å². The van der Waals surface area contributed by atoms with E-state index in [9.17, 15) is 22.4 Å². The van der Waals surface area contributed by atoms with Crippen LogP contribution in [0.15, 0.2) is 48.5 Å². The zero-order chi connectivity index (χ0) is 16.9. The molecule has 2 rings (SSSR count). The first kappa shape index (κ1) is 16.8. The molecule has 0 aliphatic carbocycles. The van der Waals surface area contributed by atoms with Crippen molar-refractivity contribution in [1.82, 2.24) is 0 Å². The molecule has 2 N–H and O–H groups in total. The lowest BCUT2D eigenvalue weighted by atomic mass is 10.1. The van der Waals surface area contributed by atoms with Gasteiger partial charge in [0.15, 0.2) is 0 Å². The maximum absolute atomic E-state index is 12.8. The summed E-state index contributed by atoms with van der Waals surface area (Å²) >= 11 is 0. The van der Waals surface area contributed by atoms with Crippen LogP contribution >= 0.6 is 0 Å². The zero-order valence-electron chi connectivity index (χ0n) is 12.0. The van der Waals surface area contributed by atoms with Gasteiger partial charge in [0.1, 0.15) is 5.82 Å². The number of halogens is 4. The number of rotatable bonds is 5. The van der Waals surface area contributed by atoms with E-state index < -0.39 is 17.6 Å². The molecule has 2 aromatic carbocycles. The number of carbonyl (C=O) groups excluding carboxylic acids is 1.